The molecule has 0 amide bonds. The number of benzene rings is 7. The standard InChI is InChI=1S/C46H29N5O/c1-4-14-31(15-5-1)43-48-44(32-16-6-2-7-17-32)50-45(49-43)38-23-13-22-37-36-21-12-20-35(41(36)52-42(37)38)30-26-28-33(29-27-30)46-47-39-24-10-11-25-40(39)51(46)34-18-8-3-9-19-34/h1-29H. The second-order valence-electron chi connectivity index (χ2n) is 12.7. The second-order valence-corrected chi connectivity index (χ2v) is 12.7. The third-order valence-electron chi connectivity index (χ3n) is 9.49. The van der Waals surface area contributed by atoms with Crippen LogP contribution in [-0.2, 0) is 0 Å². The van der Waals surface area contributed by atoms with Crippen LogP contribution in [0, 0.1) is 0 Å². The van der Waals surface area contributed by atoms with Gasteiger partial charge in [-0.15, -0.1) is 0 Å². The minimum absolute atomic E-state index is 0.560. The van der Waals surface area contributed by atoms with Crippen molar-refractivity contribution in [2.45, 2.75) is 0 Å². The Balaban J connectivity index is 1.10. The fraction of sp³-hybridized carbons (Fsp3) is 0. The summed E-state index contributed by atoms with van der Waals surface area (Å²) >= 11 is 0. The summed E-state index contributed by atoms with van der Waals surface area (Å²) in [5.74, 6) is 2.68. The summed E-state index contributed by atoms with van der Waals surface area (Å²) in [4.78, 5) is 19.9. The van der Waals surface area contributed by atoms with Crippen LogP contribution in [0.4, 0.5) is 0 Å². The Kier molecular flexibility index (Phi) is 7.03. The van der Waals surface area contributed by atoms with Crippen LogP contribution in [0.25, 0.3) is 95.3 Å². The van der Waals surface area contributed by atoms with E-state index in [9.17, 15) is 0 Å². The molecular formula is C46H29N5O. The van der Waals surface area contributed by atoms with Gasteiger partial charge in [0.15, 0.2) is 17.5 Å². The number of nitrogens with zero attached hydrogens (tertiary/aromatic N) is 5. The van der Waals surface area contributed by atoms with E-state index in [1.54, 1.807) is 0 Å². The van der Waals surface area contributed by atoms with E-state index in [0.29, 0.717) is 17.5 Å². The maximum absolute atomic E-state index is 6.83. The van der Waals surface area contributed by atoms with Crippen LogP contribution < -0.4 is 0 Å². The van der Waals surface area contributed by atoms with Gasteiger partial charge in [-0.1, -0.05) is 146 Å². The molecule has 3 aromatic heterocycles. The molecule has 0 atom stereocenters. The highest BCUT2D eigenvalue weighted by Crippen LogP contribution is 2.40. The zero-order valence-electron chi connectivity index (χ0n) is 27.9. The highest BCUT2D eigenvalue weighted by Gasteiger charge is 2.20. The topological polar surface area (TPSA) is 69.6 Å². The zero-order valence-corrected chi connectivity index (χ0v) is 27.9. The molecule has 0 radical (unpaired) electrons. The van der Waals surface area contributed by atoms with Gasteiger partial charge in [0.05, 0.1) is 16.6 Å². The molecule has 0 unspecified atom stereocenters. The molecule has 0 saturated heterocycles. The van der Waals surface area contributed by atoms with E-state index in [0.717, 1.165) is 77.9 Å². The predicted molar refractivity (Wildman–Crippen MR) is 209 cm³/mol. The van der Waals surface area contributed by atoms with E-state index in [1.807, 2.05) is 84.9 Å². The maximum Gasteiger partial charge on any atom is 0.167 e. The summed E-state index contributed by atoms with van der Waals surface area (Å²) in [6.45, 7) is 0. The Morgan fingerprint density at radius 2 is 0.885 bits per heavy atom. The van der Waals surface area contributed by atoms with Crippen molar-refractivity contribution in [3.63, 3.8) is 0 Å². The number of fused-ring (bicyclic) bond motifs is 4. The van der Waals surface area contributed by atoms with Gasteiger partial charge in [0, 0.05) is 38.7 Å². The number of para-hydroxylation sites is 5. The first-order chi connectivity index (χ1) is 25.8. The molecule has 10 rings (SSSR count). The highest BCUT2D eigenvalue weighted by atomic mass is 16.3. The zero-order chi connectivity index (χ0) is 34.4. The molecule has 0 saturated carbocycles. The molecule has 0 bridgehead atoms. The van der Waals surface area contributed by atoms with Crippen LogP contribution in [-0.4, -0.2) is 24.5 Å². The Hall–Kier alpha value is -7.18. The minimum atomic E-state index is 0.560. The van der Waals surface area contributed by atoms with Gasteiger partial charge in [0.2, 0.25) is 0 Å². The highest BCUT2D eigenvalue weighted by molar-refractivity contribution is 6.12. The molecule has 0 aliphatic carbocycles. The monoisotopic (exact) mass is 667 g/mol. The molecule has 0 spiro atoms. The van der Waals surface area contributed by atoms with Crippen LogP contribution in [0.3, 0.4) is 0 Å². The first-order valence-electron chi connectivity index (χ1n) is 17.2. The Labute approximate surface area is 299 Å². The number of imidazole rings is 1. The van der Waals surface area contributed by atoms with Crippen LogP contribution in [0.2, 0.25) is 0 Å². The van der Waals surface area contributed by atoms with Crippen LogP contribution in [0.1, 0.15) is 0 Å². The minimum Gasteiger partial charge on any atom is -0.455 e. The van der Waals surface area contributed by atoms with Crippen molar-refractivity contribution < 1.29 is 4.42 Å². The number of aromatic nitrogens is 5. The lowest BCUT2D eigenvalue weighted by atomic mass is 10.0. The molecule has 0 aliphatic heterocycles. The van der Waals surface area contributed by atoms with Gasteiger partial charge in [0.25, 0.3) is 0 Å². The van der Waals surface area contributed by atoms with Crippen LogP contribution in [0.15, 0.2) is 180 Å². The molecular weight excluding hydrogens is 639 g/mol. The molecule has 3 heterocycles. The fourth-order valence-corrected chi connectivity index (χ4v) is 7.01. The van der Waals surface area contributed by atoms with E-state index in [4.69, 9.17) is 24.4 Å². The quantitative estimate of drug-likeness (QED) is 0.176. The van der Waals surface area contributed by atoms with E-state index in [1.165, 1.54) is 0 Å². The van der Waals surface area contributed by atoms with Crippen LogP contribution >= 0.6 is 0 Å². The molecule has 7 aromatic carbocycles. The second kappa shape index (κ2) is 12.3. The lowest BCUT2D eigenvalue weighted by Gasteiger charge is -2.10. The van der Waals surface area contributed by atoms with E-state index in [2.05, 4.69) is 95.6 Å². The average Bonchev–Trinajstić information content (AvgIpc) is 3.81. The van der Waals surface area contributed by atoms with Crippen molar-refractivity contribution in [2.75, 3.05) is 0 Å². The maximum atomic E-state index is 6.83. The summed E-state index contributed by atoms with van der Waals surface area (Å²) in [5.41, 5.74) is 10.4. The lowest BCUT2D eigenvalue weighted by Crippen LogP contribution is -2.00. The van der Waals surface area contributed by atoms with E-state index < -0.39 is 0 Å². The number of hydrogen-bond donors (Lipinski definition) is 0. The van der Waals surface area contributed by atoms with Gasteiger partial charge in [-0.25, -0.2) is 19.9 Å². The normalized spacial score (nSPS) is 11.5. The van der Waals surface area contributed by atoms with E-state index in [-0.39, 0.29) is 0 Å². The van der Waals surface area contributed by atoms with Crippen molar-refractivity contribution >= 4 is 33.0 Å². The molecule has 0 aliphatic rings. The first-order valence-corrected chi connectivity index (χ1v) is 17.2. The molecule has 244 valence electrons. The third-order valence-corrected chi connectivity index (χ3v) is 9.49. The molecule has 6 nitrogen and oxygen atoms in total. The third kappa shape index (κ3) is 5.05. The number of hydrogen-bond acceptors (Lipinski definition) is 5. The number of furan rings is 1. The van der Waals surface area contributed by atoms with Crippen molar-refractivity contribution in [1.29, 1.82) is 0 Å². The van der Waals surface area contributed by atoms with Gasteiger partial charge in [-0.3, -0.25) is 4.57 Å². The molecule has 0 fully saturated rings. The first kappa shape index (κ1) is 29.7. The van der Waals surface area contributed by atoms with Gasteiger partial charge in [-0.05, 0) is 35.9 Å². The van der Waals surface area contributed by atoms with Gasteiger partial charge >= 0.3 is 0 Å². The summed E-state index contributed by atoms with van der Waals surface area (Å²) in [5, 5.41) is 2.04. The summed E-state index contributed by atoms with van der Waals surface area (Å²) in [6.07, 6.45) is 0. The summed E-state index contributed by atoms with van der Waals surface area (Å²) in [6, 6.07) is 59.7. The van der Waals surface area contributed by atoms with Crippen molar-refractivity contribution in [1.82, 2.24) is 24.5 Å². The Morgan fingerprint density at radius 3 is 1.54 bits per heavy atom. The molecule has 6 heteroatoms. The smallest absolute Gasteiger partial charge is 0.167 e. The van der Waals surface area contributed by atoms with Gasteiger partial charge in [-0.2, -0.15) is 0 Å². The predicted octanol–water partition coefficient (Wildman–Crippen LogP) is 11.4. The largest absolute Gasteiger partial charge is 0.455 e. The summed E-state index contributed by atoms with van der Waals surface area (Å²) < 4.78 is 9.05. The number of rotatable bonds is 6. The van der Waals surface area contributed by atoms with Crippen molar-refractivity contribution in [2.24, 2.45) is 0 Å². The Morgan fingerprint density at radius 1 is 0.365 bits per heavy atom. The van der Waals surface area contributed by atoms with E-state index >= 15 is 0 Å². The fourth-order valence-electron chi connectivity index (χ4n) is 7.01. The molecule has 52 heavy (non-hydrogen) atoms. The lowest BCUT2D eigenvalue weighted by molar-refractivity contribution is 0.670. The SMILES string of the molecule is c1ccc(-c2nc(-c3ccccc3)nc(-c3cccc4c3oc3c(-c5ccc(-c6nc7ccccc7n6-c6ccccc6)cc5)cccc34)n2)cc1. The van der Waals surface area contributed by atoms with Crippen molar-refractivity contribution in [3.05, 3.63) is 176 Å². The average molecular weight is 668 g/mol. The summed E-state index contributed by atoms with van der Waals surface area (Å²) in [7, 11) is 0. The van der Waals surface area contributed by atoms with Crippen LogP contribution in [0.5, 0.6) is 0 Å². The molecule has 10 aromatic rings. The molecule has 0 N–H and O–H groups in total. The van der Waals surface area contributed by atoms with Gasteiger partial charge in [0.1, 0.15) is 17.0 Å². The Bertz CT molecular complexity index is 2820. The van der Waals surface area contributed by atoms with Gasteiger partial charge < -0.3 is 4.42 Å². The van der Waals surface area contributed by atoms with Crippen molar-refractivity contribution in [3.8, 4) is 62.4 Å².